The van der Waals surface area contributed by atoms with Crippen LogP contribution in [-0.4, -0.2) is 38.2 Å². The predicted molar refractivity (Wildman–Crippen MR) is 92.8 cm³/mol. The number of hydroxylamine groups is 1. The molecule has 2 amide bonds. The van der Waals surface area contributed by atoms with Gasteiger partial charge in [-0.2, -0.15) is 5.10 Å². The van der Waals surface area contributed by atoms with Crippen molar-refractivity contribution in [3.05, 3.63) is 52.7 Å². The molecule has 0 aliphatic carbocycles. The number of rotatable bonds is 2. The number of nitrogens with zero attached hydrogens (tertiary/aromatic N) is 3. The number of amides is 2. The second kappa shape index (κ2) is 5.98. The summed E-state index contributed by atoms with van der Waals surface area (Å²) < 4.78 is 2.80. The van der Waals surface area contributed by atoms with E-state index in [2.05, 4.69) is 5.10 Å². The summed E-state index contributed by atoms with van der Waals surface area (Å²) in [6.07, 6.45) is 0. The summed E-state index contributed by atoms with van der Waals surface area (Å²) in [5.41, 5.74) is 2.50. The zero-order valence-corrected chi connectivity index (χ0v) is 14.3. The van der Waals surface area contributed by atoms with E-state index in [4.69, 9.17) is 5.21 Å². The molecule has 1 unspecified atom stereocenters. The van der Waals surface area contributed by atoms with E-state index in [9.17, 15) is 9.59 Å². The highest BCUT2D eigenvalue weighted by atomic mass is 32.1. The van der Waals surface area contributed by atoms with Crippen molar-refractivity contribution in [2.75, 3.05) is 6.54 Å². The lowest BCUT2D eigenvalue weighted by molar-refractivity contribution is 0.0639. The minimum absolute atomic E-state index is 0.0192. The first kappa shape index (κ1) is 15.8. The van der Waals surface area contributed by atoms with Crippen molar-refractivity contribution in [1.82, 2.24) is 20.2 Å². The van der Waals surface area contributed by atoms with Gasteiger partial charge in [0, 0.05) is 11.2 Å². The van der Waals surface area contributed by atoms with Crippen molar-refractivity contribution in [1.29, 1.82) is 0 Å². The van der Waals surface area contributed by atoms with Gasteiger partial charge in [-0.3, -0.25) is 19.5 Å². The Labute approximate surface area is 147 Å². The molecule has 128 valence electrons. The normalized spacial score (nSPS) is 16.7. The highest BCUT2D eigenvalue weighted by molar-refractivity contribution is 7.20. The van der Waals surface area contributed by atoms with Crippen LogP contribution in [0.5, 0.6) is 0 Å². The van der Waals surface area contributed by atoms with Crippen molar-refractivity contribution >= 4 is 33.2 Å². The smallest absolute Gasteiger partial charge is 0.295 e. The summed E-state index contributed by atoms with van der Waals surface area (Å²) in [7, 11) is 0. The van der Waals surface area contributed by atoms with Crippen molar-refractivity contribution < 1.29 is 14.8 Å². The van der Waals surface area contributed by atoms with Gasteiger partial charge in [0.15, 0.2) is 5.69 Å². The topological polar surface area (TPSA) is 87.5 Å². The standard InChI is InChI=1S/C17H16N4O3S/c1-10-13-9-12(16(22)19-24)18-21(13)7-6-20(10)17(23)15-8-11-4-2-3-5-14(11)25-15/h2-5,8-10,24H,6-7H2,1H3,(H,19,22). The number of aromatic nitrogens is 2. The molecule has 0 radical (unpaired) electrons. The lowest BCUT2D eigenvalue weighted by Crippen LogP contribution is -2.40. The first-order chi connectivity index (χ1) is 12.1. The summed E-state index contributed by atoms with van der Waals surface area (Å²) >= 11 is 1.49. The highest BCUT2D eigenvalue weighted by Gasteiger charge is 2.31. The second-order valence-electron chi connectivity index (χ2n) is 5.94. The number of carbonyl (C=O) groups excluding carboxylic acids is 2. The molecule has 7 nitrogen and oxygen atoms in total. The number of nitrogens with one attached hydrogen (secondary N) is 1. The zero-order valence-electron chi connectivity index (χ0n) is 13.5. The Morgan fingerprint density at radius 3 is 2.84 bits per heavy atom. The summed E-state index contributed by atoms with van der Waals surface area (Å²) in [5.74, 6) is -0.675. The van der Waals surface area contributed by atoms with Gasteiger partial charge in [0.1, 0.15) is 0 Å². The van der Waals surface area contributed by atoms with Crippen LogP contribution in [0.15, 0.2) is 36.4 Å². The fourth-order valence-electron chi connectivity index (χ4n) is 3.18. The van der Waals surface area contributed by atoms with E-state index < -0.39 is 5.91 Å². The summed E-state index contributed by atoms with van der Waals surface area (Å²) in [5, 5.41) is 14.0. The third-order valence-corrected chi connectivity index (χ3v) is 5.59. The lowest BCUT2D eigenvalue weighted by Gasteiger charge is -2.33. The summed E-state index contributed by atoms with van der Waals surface area (Å²) in [4.78, 5) is 27.0. The predicted octanol–water partition coefficient (Wildman–Crippen LogP) is 2.43. The average molecular weight is 356 g/mol. The molecule has 1 aliphatic heterocycles. The van der Waals surface area contributed by atoms with Crippen LogP contribution in [0.2, 0.25) is 0 Å². The molecular formula is C17H16N4O3S. The van der Waals surface area contributed by atoms with Crippen LogP contribution in [0.25, 0.3) is 10.1 Å². The SMILES string of the molecule is CC1c2cc(C(=O)NO)nn2CCN1C(=O)c1cc2ccccc2s1. The van der Waals surface area contributed by atoms with Crippen LogP contribution in [0, 0.1) is 0 Å². The minimum atomic E-state index is -0.656. The Kier molecular flexibility index (Phi) is 3.78. The fourth-order valence-corrected chi connectivity index (χ4v) is 4.20. The van der Waals surface area contributed by atoms with E-state index >= 15 is 0 Å². The van der Waals surface area contributed by atoms with Crippen molar-refractivity contribution in [3.63, 3.8) is 0 Å². The molecule has 3 heterocycles. The van der Waals surface area contributed by atoms with E-state index in [1.807, 2.05) is 37.3 Å². The van der Waals surface area contributed by atoms with Gasteiger partial charge in [-0.15, -0.1) is 11.3 Å². The molecule has 8 heteroatoms. The third-order valence-electron chi connectivity index (χ3n) is 4.49. The van der Waals surface area contributed by atoms with Gasteiger partial charge < -0.3 is 4.90 Å². The largest absolute Gasteiger partial charge is 0.328 e. The minimum Gasteiger partial charge on any atom is -0.328 e. The maximum atomic E-state index is 13.0. The van der Waals surface area contributed by atoms with Gasteiger partial charge in [-0.25, -0.2) is 5.48 Å². The molecule has 4 rings (SSSR count). The monoisotopic (exact) mass is 356 g/mol. The Morgan fingerprint density at radius 1 is 1.28 bits per heavy atom. The number of hydrogen-bond acceptors (Lipinski definition) is 5. The summed E-state index contributed by atoms with van der Waals surface area (Å²) in [6.45, 7) is 2.94. The number of hydrogen-bond donors (Lipinski definition) is 2. The molecular weight excluding hydrogens is 340 g/mol. The average Bonchev–Trinajstić information content (AvgIpc) is 3.25. The molecule has 0 saturated heterocycles. The van der Waals surface area contributed by atoms with Gasteiger partial charge in [-0.05, 0) is 30.5 Å². The number of benzene rings is 1. The van der Waals surface area contributed by atoms with Gasteiger partial charge in [0.25, 0.3) is 11.8 Å². The van der Waals surface area contributed by atoms with Crippen LogP contribution >= 0.6 is 11.3 Å². The molecule has 0 fully saturated rings. The molecule has 1 aromatic carbocycles. The van der Waals surface area contributed by atoms with E-state index in [0.717, 1.165) is 15.8 Å². The van der Waals surface area contributed by atoms with E-state index in [1.165, 1.54) is 11.3 Å². The lowest BCUT2D eigenvalue weighted by atomic mass is 10.1. The maximum Gasteiger partial charge on any atom is 0.295 e. The van der Waals surface area contributed by atoms with Crippen molar-refractivity contribution in [2.45, 2.75) is 19.5 Å². The van der Waals surface area contributed by atoms with Crippen molar-refractivity contribution in [3.8, 4) is 0 Å². The van der Waals surface area contributed by atoms with Crippen LogP contribution in [0.3, 0.4) is 0 Å². The van der Waals surface area contributed by atoms with Crippen LogP contribution in [0.1, 0.15) is 38.8 Å². The first-order valence-corrected chi connectivity index (χ1v) is 8.72. The molecule has 2 N–H and O–H groups in total. The number of carbonyl (C=O) groups is 2. The number of fused-ring (bicyclic) bond motifs is 2. The highest BCUT2D eigenvalue weighted by Crippen LogP contribution is 2.31. The molecule has 3 aromatic rings. The van der Waals surface area contributed by atoms with Crippen LogP contribution in [0.4, 0.5) is 0 Å². The van der Waals surface area contributed by atoms with Gasteiger partial charge >= 0.3 is 0 Å². The first-order valence-electron chi connectivity index (χ1n) is 7.90. The van der Waals surface area contributed by atoms with Gasteiger partial charge in [0.2, 0.25) is 0 Å². The quantitative estimate of drug-likeness (QED) is 0.545. The Balaban J connectivity index is 1.64. The molecule has 2 aromatic heterocycles. The molecule has 25 heavy (non-hydrogen) atoms. The molecule has 1 atom stereocenters. The Morgan fingerprint density at radius 2 is 2.08 bits per heavy atom. The van der Waals surface area contributed by atoms with Crippen LogP contribution < -0.4 is 5.48 Å². The Hall–Kier alpha value is -2.71. The van der Waals surface area contributed by atoms with Gasteiger partial charge in [-0.1, -0.05) is 18.2 Å². The van der Waals surface area contributed by atoms with Crippen molar-refractivity contribution in [2.24, 2.45) is 0 Å². The fraction of sp³-hybridized carbons (Fsp3) is 0.235. The van der Waals surface area contributed by atoms with E-state index in [0.29, 0.717) is 18.0 Å². The van der Waals surface area contributed by atoms with E-state index in [1.54, 1.807) is 21.1 Å². The zero-order chi connectivity index (χ0) is 17.6. The van der Waals surface area contributed by atoms with Crippen LogP contribution in [-0.2, 0) is 6.54 Å². The molecule has 1 aliphatic rings. The Bertz CT molecular complexity index is 944. The van der Waals surface area contributed by atoms with Gasteiger partial charge in [0.05, 0.1) is 23.2 Å². The maximum absolute atomic E-state index is 13.0. The van der Waals surface area contributed by atoms with E-state index in [-0.39, 0.29) is 17.6 Å². The molecule has 0 saturated carbocycles. The summed E-state index contributed by atoms with van der Waals surface area (Å²) in [6, 6.07) is 11.2. The molecule has 0 spiro atoms. The third kappa shape index (κ3) is 2.59. The molecule has 0 bridgehead atoms. The second-order valence-corrected chi connectivity index (χ2v) is 7.03. The number of thiophene rings is 1.